The number of hydrogen-bond donors (Lipinski definition) is 2. The molecule has 7 heteroatoms. The summed E-state index contributed by atoms with van der Waals surface area (Å²) < 4.78 is 5.50. The lowest BCUT2D eigenvalue weighted by molar-refractivity contribution is -0.123. The van der Waals surface area contributed by atoms with Gasteiger partial charge in [-0.2, -0.15) is 0 Å². The number of carbonyl (C=O) groups is 2. The van der Waals surface area contributed by atoms with Crippen LogP contribution < -0.4 is 10.6 Å². The first-order valence-corrected chi connectivity index (χ1v) is 10.4. The van der Waals surface area contributed by atoms with Crippen LogP contribution in [0.4, 0.5) is 0 Å². The normalized spacial score (nSPS) is 21.7. The van der Waals surface area contributed by atoms with Gasteiger partial charge < -0.3 is 15.4 Å². The lowest BCUT2D eigenvalue weighted by atomic mass is 9.79. The summed E-state index contributed by atoms with van der Waals surface area (Å²) in [4.78, 5) is 27.8. The van der Waals surface area contributed by atoms with Crippen molar-refractivity contribution in [3.63, 3.8) is 0 Å². The Kier molecular flexibility index (Phi) is 6.67. The lowest BCUT2D eigenvalue weighted by Crippen LogP contribution is -2.60. The van der Waals surface area contributed by atoms with E-state index in [0.29, 0.717) is 11.4 Å². The number of nitrogens with one attached hydrogen (secondary N) is 2. The second kappa shape index (κ2) is 8.97. The third-order valence-electron chi connectivity index (χ3n) is 5.54. The summed E-state index contributed by atoms with van der Waals surface area (Å²) in [7, 11) is 0. The highest BCUT2D eigenvalue weighted by molar-refractivity contribution is 7.12. The Morgan fingerprint density at radius 2 is 2.00 bits per heavy atom. The molecule has 1 aromatic heterocycles. The number of rotatable bonds is 6. The van der Waals surface area contributed by atoms with Gasteiger partial charge in [-0.15, -0.1) is 11.3 Å². The highest BCUT2D eigenvalue weighted by atomic mass is 32.1. The Morgan fingerprint density at radius 1 is 1.27 bits per heavy atom. The number of amides is 2. The van der Waals surface area contributed by atoms with Gasteiger partial charge in [-0.1, -0.05) is 25.3 Å². The van der Waals surface area contributed by atoms with E-state index >= 15 is 0 Å². The van der Waals surface area contributed by atoms with Crippen LogP contribution in [0.3, 0.4) is 0 Å². The summed E-state index contributed by atoms with van der Waals surface area (Å²) in [5.74, 6) is -0.309. The van der Waals surface area contributed by atoms with Gasteiger partial charge in [0.15, 0.2) is 0 Å². The quantitative estimate of drug-likeness (QED) is 0.793. The van der Waals surface area contributed by atoms with E-state index < -0.39 is 6.04 Å². The molecule has 6 nitrogen and oxygen atoms in total. The van der Waals surface area contributed by atoms with Crippen molar-refractivity contribution in [2.24, 2.45) is 0 Å². The molecule has 1 saturated heterocycles. The molecule has 0 aromatic carbocycles. The average Bonchev–Trinajstić information content (AvgIpc) is 3.22. The van der Waals surface area contributed by atoms with Gasteiger partial charge in [0.05, 0.1) is 18.1 Å². The van der Waals surface area contributed by atoms with Crippen molar-refractivity contribution in [3.05, 3.63) is 22.4 Å². The fourth-order valence-electron chi connectivity index (χ4n) is 4.00. The van der Waals surface area contributed by atoms with E-state index in [1.54, 1.807) is 13.0 Å². The van der Waals surface area contributed by atoms with Crippen LogP contribution in [0.2, 0.25) is 0 Å². The predicted octanol–water partition coefficient (Wildman–Crippen LogP) is 2.02. The summed E-state index contributed by atoms with van der Waals surface area (Å²) in [5, 5.41) is 7.75. The molecule has 1 aliphatic carbocycles. The van der Waals surface area contributed by atoms with Crippen molar-refractivity contribution in [3.8, 4) is 0 Å². The molecule has 2 fully saturated rings. The number of nitrogens with zero attached hydrogens (tertiary/aromatic N) is 1. The minimum atomic E-state index is -0.546. The molecule has 0 bridgehead atoms. The fourth-order valence-corrected chi connectivity index (χ4v) is 4.63. The fraction of sp³-hybridized carbons (Fsp3) is 0.684. The zero-order valence-corrected chi connectivity index (χ0v) is 16.3. The SMILES string of the molecule is C[C@H](NC(=O)c1cccs1)C(=O)NCC1(N2CCOCC2)CCCCC1. The van der Waals surface area contributed by atoms with E-state index in [4.69, 9.17) is 4.74 Å². The molecule has 1 aromatic rings. The van der Waals surface area contributed by atoms with Crippen LogP contribution in [0.5, 0.6) is 0 Å². The second-order valence-corrected chi connectivity index (χ2v) is 8.22. The van der Waals surface area contributed by atoms with Gasteiger partial charge >= 0.3 is 0 Å². The van der Waals surface area contributed by atoms with Crippen molar-refractivity contribution >= 4 is 23.2 Å². The lowest BCUT2D eigenvalue weighted by Gasteiger charge is -2.48. The topological polar surface area (TPSA) is 70.7 Å². The third kappa shape index (κ3) is 4.64. The maximum Gasteiger partial charge on any atom is 0.261 e. The number of hydrogen-bond acceptors (Lipinski definition) is 5. The van der Waals surface area contributed by atoms with Crippen LogP contribution in [-0.4, -0.2) is 61.1 Å². The van der Waals surface area contributed by atoms with Gasteiger partial charge in [0.2, 0.25) is 5.91 Å². The van der Waals surface area contributed by atoms with Gasteiger partial charge in [0, 0.05) is 25.2 Å². The van der Waals surface area contributed by atoms with Crippen LogP contribution >= 0.6 is 11.3 Å². The molecule has 1 aliphatic heterocycles. The Hall–Kier alpha value is -1.44. The van der Waals surface area contributed by atoms with E-state index in [1.165, 1.54) is 30.6 Å². The Balaban J connectivity index is 1.55. The smallest absolute Gasteiger partial charge is 0.261 e. The van der Waals surface area contributed by atoms with Crippen molar-refractivity contribution in [1.82, 2.24) is 15.5 Å². The standard InChI is InChI=1S/C19H29N3O3S/c1-15(21-18(24)16-6-5-13-26-16)17(23)20-14-19(7-3-2-4-8-19)22-9-11-25-12-10-22/h5-6,13,15H,2-4,7-12,14H2,1H3,(H,20,23)(H,21,24)/t15-/m0/s1. The van der Waals surface area contributed by atoms with Crippen LogP contribution in [0.1, 0.15) is 48.7 Å². The molecule has 1 saturated carbocycles. The zero-order valence-electron chi connectivity index (χ0n) is 15.5. The van der Waals surface area contributed by atoms with Crippen LogP contribution in [0.15, 0.2) is 17.5 Å². The molecule has 1 atom stereocenters. The Morgan fingerprint density at radius 3 is 2.65 bits per heavy atom. The first-order valence-electron chi connectivity index (χ1n) is 9.56. The maximum atomic E-state index is 12.6. The summed E-state index contributed by atoms with van der Waals surface area (Å²) in [5.41, 5.74) is 0.0369. The van der Waals surface area contributed by atoms with Crippen molar-refractivity contribution in [2.45, 2.75) is 50.6 Å². The van der Waals surface area contributed by atoms with Crippen LogP contribution in [-0.2, 0) is 9.53 Å². The molecule has 2 aliphatic rings. The second-order valence-electron chi connectivity index (χ2n) is 7.27. The molecule has 0 unspecified atom stereocenters. The van der Waals surface area contributed by atoms with E-state index in [0.717, 1.165) is 39.1 Å². The number of thiophene rings is 1. The molecule has 26 heavy (non-hydrogen) atoms. The summed E-state index contributed by atoms with van der Waals surface area (Å²) in [6, 6.07) is 3.05. The monoisotopic (exact) mass is 379 g/mol. The summed E-state index contributed by atoms with van der Waals surface area (Å²) >= 11 is 1.38. The minimum absolute atomic E-state index is 0.0369. The summed E-state index contributed by atoms with van der Waals surface area (Å²) in [6.45, 7) is 5.78. The van der Waals surface area contributed by atoms with Crippen LogP contribution in [0, 0.1) is 0 Å². The van der Waals surface area contributed by atoms with Gasteiger partial charge in [0.25, 0.3) is 5.91 Å². The van der Waals surface area contributed by atoms with Crippen molar-refractivity contribution in [1.29, 1.82) is 0 Å². The Labute approximate surface area is 159 Å². The number of morpholine rings is 1. The molecule has 2 heterocycles. The molecule has 2 amide bonds. The molecule has 144 valence electrons. The predicted molar refractivity (Wildman–Crippen MR) is 102 cm³/mol. The zero-order chi connectivity index (χ0) is 18.4. The highest BCUT2D eigenvalue weighted by Crippen LogP contribution is 2.33. The average molecular weight is 380 g/mol. The highest BCUT2D eigenvalue weighted by Gasteiger charge is 2.39. The van der Waals surface area contributed by atoms with E-state index in [-0.39, 0.29) is 17.4 Å². The Bertz CT molecular complexity index is 593. The van der Waals surface area contributed by atoms with Gasteiger partial charge in [-0.25, -0.2) is 0 Å². The van der Waals surface area contributed by atoms with Gasteiger partial charge in [-0.05, 0) is 31.2 Å². The van der Waals surface area contributed by atoms with E-state index in [1.807, 2.05) is 11.4 Å². The van der Waals surface area contributed by atoms with Crippen molar-refractivity contribution < 1.29 is 14.3 Å². The third-order valence-corrected chi connectivity index (χ3v) is 6.41. The van der Waals surface area contributed by atoms with E-state index in [2.05, 4.69) is 15.5 Å². The first kappa shape index (κ1) is 19.3. The number of carbonyl (C=O) groups excluding carboxylic acids is 2. The maximum absolute atomic E-state index is 12.6. The molecule has 2 N–H and O–H groups in total. The number of ether oxygens (including phenoxy) is 1. The van der Waals surface area contributed by atoms with Crippen LogP contribution in [0.25, 0.3) is 0 Å². The van der Waals surface area contributed by atoms with Gasteiger partial charge in [-0.3, -0.25) is 14.5 Å². The molecule has 0 radical (unpaired) electrons. The minimum Gasteiger partial charge on any atom is -0.379 e. The molecule has 0 spiro atoms. The van der Waals surface area contributed by atoms with Crippen molar-refractivity contribution in [2.75, 3.05) is 32.8 Å². The largest absolute Gasteiger partial charge is 0.379 e. The molecular formula is C19H29N3O3S. The summed E-state index contributed by atoms with van der Waals surface area (Å²) in [6.07, 6.45) is 5.91. The van der Waals surface area contributed by atoms with E-state index in [9.17, 15) is 9.59 Å². The molecular weight excluding hydrogens is 350 g/mol. The first-order chi connectivity index (χ1) is 12.6. The molecule has 3 rings (SSSR count). The van der Waals surface area contributed by atoms with Gasteiger partial charge in [0.1, 0.15) is 6.04 Å².